The lowest BCUT2D eigenvalue weighted by molar-refractivity contribution is -0.140. The average Bonchev–Trinajstić information content (AvgIpc) is 2.37. The first-order chi connectivity index (χ1) is 8.96. The molecule has 1 aliphatic rings. The number of hydrogen-bond donors (Lipinski definition) is 2. The molecule has 1 saturated carbocycles. The zero-order chi connectivity index (χ0) is 14.3. The van der Waals surface area contributed by atoms with Gasteiger partial charge in [0.2, 0.25) is 10.0 Å². The average molecular weight is 293 g/mol. The Morgan fingerprint density at radius 3 is 2.53 bits per heavy atom. The summed E-state index contributed by atoms with van der Waals surface area (Å²) in [6.45, 7) is 2.31. The van der Waals surface area contributed by atoms with Crippen molar-refractivity contribution in [3.8, 4) is 0 Å². The molecule has 7 heteroatoms. The summed E-state index contributed by atoms with van der Waals surface area (Å²) in [5, 5.41) is 9.20. The Kier molecular flexibility index (Phi) is 6.74. The van der Waals surface area contributed by atoms with Gasteiger partial charge in [-0.05, 0) is 25.7 Å². The molecule has 0 aromatic heterocycles. The van der Waals surface area contributed by atoms with Gasteiger partial charge in [0.05, 0.1) is 12.4 Å². The highest BCUT2D eigenvalue weighted by atomic mass is 32.2. The van der Waals surface area contributed by atoms with Crippen molar-refractivity contribution in [3.63, 3.8) is 0 Å². The van der Waals surface area contributed by atoms with Crippen LogP contribution in [-0.2, 0) is 19.6 Å². The van der Waals surface area contributed by atoms with Crippen molar-refractivity contribution >= 4 is 16.0 Å². The smallest absolute Gasteiger partial charge is 0.322 e. The van der Waals surface area contributed by atoms with E-state index < -0.39 is 22.0 Å². The minimum absolute atomic E-state index is 0.0861. The zero-order valence-electron chi connectivity index (χ0n) is 11.3. The molecule has 1 fully saturated rings. The molecule has 0 aliphatic heterocycles. The lowest BCUT2D eigenvalue weighted by atomic mass is 9.84. The number of carbonyl (C=O) groups is 1. The van der Waals surface area contributed by atoms with Gasteiger partial charge in [0, 0.05) is 6.61 Å². The van der Waals surface area contributed by atoms with Crippen LogP contribution in [0.5, 0.6) is 0 Å². The number of hydrogen-bond acceptors (Lipinski definition) is 4. The molecule has 0 bridgehead atoms. The van der Waals surface area contributed by atoms with Crippen LogP contribution in [0.2, 0.25) is 0 Å². The van der Waals surface area contributed by atoms with Gasteiger partial charge in [-0.2, -0.15) is 0 Å². The Bertz CT molecular complexity index is 376. The maximum absolute atomic E-state index is 11.8. The monoisotopic (exact) mass is 293 g/mol. The van der Waals surface area contributed by atoms with E-state index in [2.05, 4.69) is 4.72 Å². The quantitative estimate of drug-likeness (QED) is 0.651. The van der Waals surface area contributed by atoms with Gasteiger partial charge < -0.3 is 9.84 Å². The second kappa shape index (κ2) is 7.81. The van der Waals surface area contributed by atoms with Crippen LogP contribution >= 0.6 is 0 Å². The van der Waals surface area contributed by atoms with E-state index in [9.17, 15) is 18.3 Å². The number of rotatable bonds is 8. The number of carboxylic acids is 1. The standard InChI is InChI=1S/C12H23NO5S/c1-2-18-8-9-19(16,17)13-11(12(14)15)10-6-4-3-5-7-10/h10-11,13H,2-9H2,1H3,(H,14,15). The van der Waals surface area contributed by atoms with E-state index in [1.165, 1.54) is 0 Å². The van der Waals surface area contributed by atoms with Crippen molar-refractivity contribution in [1.82, 2.24) is 4.72 Å². The van der Waals surface area contributed by atoms with Crippen LogP contribution in [0, 0.1) is 5.92 Å². The Morgan fingerprint density at radius 2 is 2.00 bits per heavy atom. The minimum atomic E-state index is -3.60. The molecule has 0 spiro atoms. The van der Waals surface area contributed by atoms with E-state index in [-0.39, 0.29) is 18.3 Å². The molecule has 0 heterocycles. The first-order valence-electron chi connectivity index (χ1n) is 6.77. The van der Waals surface area contributed by atoms with Crippen LogP contribution in [0.25, 0.3) is 0 Å². The summed E-state index contributed by atoms with van der Waals surface area (Å²) in [5.74, 6) is -1.39. The molecule has 1 atom stereocenters. The first kappa shape index (κ1) is 16.4. The van der Waals surface area contributed by atoms with Crippen molar-refractivity contribution in [2.45, 2.75) is 45.1 Å². The lowest BCUT2D eigenvalue weighted by Crippen LogP contribution is -2.47. The summed E-state index contributed by atoms with van der Waals surface area (Å²) < 4.78 is 30.9. The maximum atomic E-state index is 11.8. The summed E-state index contributed by atoms with van der Waals surface area (Å²) in [6.07, 6.45) is 4.57. The van der Waals surface area contributed by atoms with Crippen molar-refractivity contribution in [2.75, 3.05) is 19.0 Å². The number of aliphatic carboxylic acids is 1. The first-order valence-corrected chi connectivity index (χ1v) is 8.42. The molecule has 0 saturated heterocycles. The van der Waals surface area contributed by atoms with Gasteiger partial charge >= 0.3 is 5.97 Å². The van der Waals surface area contributed by atoms with Gasteiger partial charge in [0.25, 0.3) is 0 Å². The van der Waals surface area contributed by atoms with Gasteiger partial charge in [-0.25, -0.2) is 13.1 Å². The molecule has 1 aliphatic carbocycles. The number of sulfonamides is 1. The molecule has 0 aromatic rings. The van der Waals surface area contributed by atoms with E-state index in [4.69, 9.17) is 4.74 Å². The minimum Gasteiger partial charge on any atom is -0.480 e. The van der Waals surface area contributed by atoms with Crippen LogP contribution in [0.4, 0.5) is 0 Å². The molecule has 0 radical (unpaired) electrons. The topological polar surface area (TPSA) is 92.7 Å². The normalized spacial score (nSPS) is 19.2. The molecule has 19 heavy (non-hydrogen) atoms. The predicted octanol–water partition coefficient (Wildman–Crippen LogP) is 0.976. The SMILES string of the molecule is CCOCCS(=O)(=O)NC(C(=O)O)C1CCCCC1. The third-order valence-corrected chi connectivity index (χ3v) is 4.71. The molecule has 6 nitrogen and oxygen atoms in total. The van der Waals surface area contributed by atoms with E-state index in [1.54, 1.807) is 6.92 Å². The van der Waals surface area contributed by atoms with Crippen molar-refractivity contribution in [2.24, 2.45) is 5.92 Å². The summed E-state index contributed by atoms with van der Waals surface area (Å²) in [4.78, 5) is 11.2. The summed E-state index contributed by atoms with van der Waals surface area (Å²) in [5.41, 5.74) is 0. The third-order valence-electron chi connectivity index (χ3n) is 3.39. The molecule has 1 rings (SSSR count). The molecule has 1 unspecified atom stereocenters. The zero-order valence-corrected chi connectivity index (χ0v) is 12.1. The van der Waals surface area contributed by atoms with Gasteiger partial charge in [-0.1, -0.05) is 19.3 Å². The van der Waals surface area contributed by atoms with Crippen LogP contribution in [-0.4, -0.2) is 44.5 Å². The van der Waals surface area contributed by atoms with E-state index >= 15 is 0 Å². The van der Waals surface area contributed by atoms with Gasteiger partial charge in [-0.3, -0.25) is 4.79 Å². The Hall–Kier alpha value is -0.660. The second-order valence-electron chi connectivity index (χ2n) is 4.85. The Labute approximate surface area is 114 Å². The van der Waals surface area contributed by atoms with Crippen LogP contribution in [0.3, 0.4) is 0 Å². The summed E-state index contributed by atoms with van der Waals surface area (Å²) >= 11 is 0. The van der Waals surface area contributed by atoms with E-state index in [1.807, 2.05) is 0 Å². The predicted molar refractivity (Wildman–Crippen MR) is 71.4 cm³/mol. The molecule has 112 valence electrons. The lowest BCUT2D eigenvalue weighted by Gasteiger charge is -2.27. The highest BCUT2D eigenvalue weighted by Gasteiger charge is 2.32. The van der Waals surface area contributed by atoms with Crippen LogP contribution in [0.1, 0.15) is 39.0 Å². The molecule has 2 N–H and O–H groups in total. The highest BCUT2D eigenvalue weighted by Crippen LogP contribution is 2.27. The molecular formula is C12H23NO5S. The van der Waals surface area contributed by atoms with Crippen molar-refractivity contribution in [3.05, 3.63) is 0 Å². The van der Waals surface area contributed by atoms with E-state index in [0.717, 1.165) is 32.1 Å². The Morgan fingerprint density at radius 1 is 1.37 bits per heavy atom. The number of nitrogens with one attached hydrogen (secondary N) is 1. The summed E-state index contributed by atoms with van der Waals surface area (Å²) in [6, 6.07) is -1.01. The highest BCUT2D eigenvalue weighted by molar-refractivity contribution is 7.89. The fraction of sp³-hybridized carbons (Fsp3) is 0.917. The second-order valence-corrected chi connectivity index (χ2v) is 6.72. The fourth-order valence-corrected chi connectivity index (χ4v) is 3.52. The summed E-state index contributed by atoms with van der Waals surface area (Å²) in [7, 11) is -3.60. The Balaban J connectivity index is 2.59. The molecule has 0 aromatic carbocycles. The van der Waals surface area contributed by atoms with Crippen LogP contribution in [0.15, 0.2) is 0 Å². The number of carboxylic acid groups (broad SMARTS) is 1. The van der Waals surface area contributed by atoms with Gasteiger partial charge in [0.1, 0.15) is 6.04 Å². The van der Waals surface area contributed by atoms with Gasteiger partial charge in [0.15, 0.2) is 0 Å². The largest absolute Gasteiger partial charge is 0.480 e. The van der Waals surface area contributed by atoms with Gasteiger partial charge in [-0.15, -0.1) is 0 Å². The molecule has 0 amide bonds. The van der Waals surface area contributed by atoms with Crippen LogP contribution < -0.4 is 4.72 Å². The van der Waals surface area contributed by atoms with E-state index in [0.29, 0.717) is 6.61 Å². The maximum Gasteiger partial charge on any atom is 0.322 e. The molecular weight excluding hydrogens is 270 g/mol. The van der Waals surface area contributed by atoms with Crippen molar-refractivity contribution < 1.29 is 23.1 Å². The third kappa shape index (κ3) is 5.88. The van der Waals surface area contributed by atoms with Crippen molar-refractivity contribution in [1.29, 1.82) is 0 Å². The fourth-order valence-electron chi connectivity index (χ4n) is 2.38. The number of ether oxygens (including phenoxy) is 1.